The van der Waals surface area contributed by atoms with Gasteiger partial charge in [0, 0.05) is 7.11 Å². The van der Waals surface area contributed by atoms with Gasteiger partial charge in [-0.05, 0) is 6.42 Å². The van der Waals surface area contributed by atoms with Gasteiger partial charge in [0.1, 0.15) is 6.10 Å². The van der Waals surface area contributed by atoms with Crippen molar-refractivity contribution in [1.29, 1.82) is 0 Å². The predicted octanol–water partition coefficient (Wildman–Crippen LogP) is 2.21. The van der Waals surface area contributed by atoms with E-state index in [0.29, 0.717) is 5.82 Å². The zero-order valence-corrected chi connectivity index (χ0v) is 10.3. The zero-order valence-electron chi connectivity index (χ0n) is 10.3. The topological polar surface area (TPSA) is 60.2 Å². The maximum absolute atomic E-state index is 11.9. The van der Waals surface area contributed by atoms with Crippen LogP contribution < -0.4 is 5.32 Å². The summed E-state index contributed by atoms with van der Waals surface area (Å²) < 4.78 is 45.7. The Morgan fingerprint density at radius 3 is 2.72 bits per heavy atom. The van der Waals surface area contributed by atoms with E-state index < -0.39 is 12.7 Å². The molecule has 1 rings (SSSR count). The van der Waals surface area contributed by atoms with E-state index in [1.54, 1.807) is 0 Å². The Morgan fingerprint density at radius 1 is 1.44 bits per heavy atom. The Hall–Kier alpha value is -1.15. The Labute approximate surface area is 103 Å². The highest BCUT2D eigenvalue weighted by Gasteiger charge is 2.26. The lowest BCUT2D eigenvalue weighted by Crippen LogP contribution is -2.28. The molecule has 1 atom stereocenters. The third-order valence-corrected chi connectivity index (χ3v) is 2.21. The SMILES string of the molecule is CCCC(OC)c1noc(CNCC(F)(F)F)n1. The summed E-state index contributed by atoms with van der Waals surface area (Å²) in [5, 5.41) is 5.87. The molecule has 0 aliphatic carbocycles. The quantitative estimate of drug-likeness (QED) is 0.820. The van der Waals surface area contributed by atoms with Gasteiger partial charge in [0.15, 0.2) is 0 Å². The first-order valence-electron chi connectivity index (χ1n) is 5.59. The van der Waals surface area contributed by atoms with Gasteiger partial charge in [-0.15, -0.1) is 0 Å². The second-order valence-electron chi connectivity index (χ2n) is 3.78. The number of rotatable bonds is 7. The Kier molecular flexibility index (Phi) is 5.54. The summed E-state index contributed by atoms with van der Waals surface area (Å²) in [5.41, 5.74) is 0. The highest BCUT2D eigenvalue weighted by Crippen LogP contribution is 2.19. The molecule has 0 fully saturated rings. The van der Waals surface area contributed by atoms with Crippen LogP contribution in [0.5, 0.6) is 0 Å². The van der Waals surface area contributed by atoms with E-state index >= 15 is 0 Å². The van der Waals surface area contributed by atoms with Crippen LogP contribution in [0.25, 0.3) is 0 Å². The second-order valence-corrected chi connectivity index (χ2v) is 3.78. The van der Waals surface area contributed by atoms with Crippen LogP contribution in [-0.4, -0.2) is 30.0 Å². The van der Waals surface area contributed by atoms with Crippen LogP contribution in [0.4, 0.5) is 13.2 Å². The molecule has 0 saturated carbocycles. The molecule has 1 aromatic rings. The standard InChI is InChI=1S/C10H16F3N3O2/c1-3-4-7(17-2)9-15-8(18-16-9)5-14-6-10(11,12)13/h7,14H,3-6H2,1-2H3. The molecule has 1 N–H and O–H groups in total. The minimum absolute atomic E-state index is 0.116. The van der Waals surface area contributed by atoms with Crippen molar-refractivity contribution in [2.24, 2.45) is 0 Å². The molecule has 18 heavy (non-hydrogen) atoms. The number of hydrogen-bond donors (Lipinski definition) is 1. The Balaban J connectivity index is 2.47. The highest BCUT2D eigenvalue weighted by molar-refractivity contribution is 4.91. The van der Waals surface area contributed by atoms with Crippen molar-refractivity contribution >= 4 is 0 Å². The van der Waals surface area contributed by atoms with Gasteiger partial charge in [0.2, 0.25) is 11.7 Å². The zero-order chi connectivity index (χ0) is 13.6. The minimum Gasteiger partial charge on any atom is -0.373 e. The molecule has 1 unspecified atom stereocenters. The summed E-state index contributed by atoms with van der Waals surface area (Å²) in [6.07, 6.45) is -2.92. The lowest BCUT2D eigenvalue weighted by Gasteiger charge is -2.08. The van der Waals surface area contributed by atoms with Crippen LogP contribution in [0.2, 0.25) is 0 Å². The molecule has 0 aliphatic heterocycles. The van der Waals surface area contributed by atoms with Crippen molar-refractivity contribution in [1.82, 2.24) is 15.5 Å². The number of halogens is 3. The van der Waals surface area contributed by atoms with E-state index in [4.69, 9.17) is 9.26 Å². The first-order valence-corrected chi connectivity index (χ1v) is 5.59. The molecule has 0 radical (unpaired) electrons. The van der Waals surface area contributed by atoms with Crippen LogP contribution in [0.1, 0.15) is 37.6 Å². The molecule has 0 amide bonds. The molecule has 0 bridgehead atoms. The van der Waals surface area contributed by atoms with Gasteiger partial charge in [-0.1, -0.05) is 18.5 Å². The predicted molar refractivity (Wildman–Crippen MR) is 56.7 cm³/mol. The fourth-order valence-electron chi connectivity index (χ4n) is 1.40. The van der Waals surface area contributed by atoms with Gasteiger partial charge in [-0.3, -0.25) is 0 Å². The van der Waals surface area contributed by atoms with Crippen LogP contribution in [-0.2, 0) is 11.3 Å². The maximum atomic E-state index is 11.9. The van der Waals surface area contributed by atoms with E-state index in [2.05, 4.69) is 15.5 Å². The maximum Gasteiger partial charge on any atom is 0.401 e. The molecule has 1 heterocycles. The van der Waals surface area contributed by atoms with Gasteiger partial charge >= 0.3 is 6.18 Å². The number of nitrogens with zero attached hydrogens (tertiary/aromatic N) is 2. The summed E-state index contributed by atoms with van der Waals surface area (Å²) in [7, 11) is 1.53. The number of alkyl halides is 3. The van der Waals surface area contributed by atoms with Gasteiger partial charge < -0.3 is 14.6 Å². The number of hydrogen-bond acceptors (Lipinski definition) is 5. The van der Waals surface area contributed by atoms with Crippen molar-refractivity contribution in [2.45, 2.75) is 38.6 Å². The molecule has 0 aromatic carbocycles. The van der Waals surface area contributed by atoms with Crippen LogP contribution in [0, 0.1) is 0 Å². The number of ether oxygens (including phenoxy) is 1. The third-order valence-electron chi connectivity index (χ3n) is 2.21. The number of aromatic nitrogens is 2. The van der Waals surface area contributed by atoms with Gasteiger partial charge in [0.25, 0.3) is 0 Å². The van der Waals surface area contributed by atoms with E-state index in [0.717, 1.165) is 12.8 Å². The summed E-state index contributed by atoms with van der Waals surface area (Å²) in [4.78, 5) is 3.99. The summed E-state index contributed by atoms with van der Waals surface area (Å²) in [6.45, 7) is 0.778. The van der Waals surface area contributed by atoms with E-state index in [9.17, 15) is 13.2 Å². The van der Waals surface area contributed by atoms with Gasteiger partial charge in [-0.2, -0.15) is 18.2 Å². The minimum atomic E-state index is -4.25. The molecule has 8 heteroatoms. The number of nitrogens with one attached hydrogen (secondary N) is 1. The summed E-state index contributed by atoms with van der Waals surface area (Å²) >= 11 is 0. The highest BCUT2D eigenvalue weighted by atomic mass is 19.4. The normalized spacial score (nSPS) is 13.8. The van der Waals surface area contributed by atoms with Gasteiger partial charge in [-0.25, -0.2) is 0 Å². The van der Waals surface area contributed by atoms with Crippen molar-refractivity contribution in [3.8, 4) is 0 Å². The smallest absolute Gasteiger partial charge is 0.373 e. The molecule has 5 nitrogen and oxygen atoms in total. The summed E-state index contributed by atoms with van der Waals surface area (Å²) in [5.74, 6) is 0.482. The summed E-state index contributed by atoms with van der Waals surface area (Å²) in [6, 6.07) is 0. The molecular formula is C10H16F3N3O2. The largest absolute Gasteiger partial charge is 0.401 e. The lowest BCUT2D eigenvalue weighted by molar-refractivity contribution is -0.125. The molecule has 104 valence electrons. The van der Waals surface area contributed by atoms with E-state index in [1.165, 1.54) is 7.11 Å². The fraction of sp³-hybridized carbons (Fsp3) is 0.800. The van der Waals surface area contributed by atoms with Crippen molar-refractivity contribution < 1.29 is 22.4 Å². The third kappa shape index (κ3) is 5.01. The van der Waals surface area contributed by atoms with Crippen LogP contribution >= 0.6 is 0 Å². The van der Waals surface area contributed by atoms with Crippen LogP contribution in [0.15, 0.2) is 4.52 Å². The van der Waals surface area contributed by atoms with E-state index in [1.807, 2.05) is 6.92 Å². The first-order chi connectivity index (χ1) is 8.46. The van der Waals surface area contributed by atoms with E-state index in [-0.39, 0.29) is 18.5 Å². The Morgan fingerprint density at radius 2 is 2.17 bits per heavy atom. The van der Waals surface area contributed by atoms with Crippen molar-refractivity contribution in [3.05, 3.63) is 11.7 Å². The van der Waals surface area contributed by atoms with Crippen LogP contribution in [0.3, 0.4) is 0 Å². The average Bonchev–Trinajstić information content (AvgIpc) is 2.72. The second kappa shape index (κ2) is 6.69. The molecule has 0 spiro atoms. The molecule has 0 saturated heterocycles. The number of methoxy groups -OCH3 is 1. The molecule has 0 aliphatic rings. The fourth-order valence-corrected chi connectivity index (χ4v) is 1.40. The monoisotopic (exact) mass is 267 g/mol. The molecular weight excluding hydrogens is 251 g/mol. The lowest BCUT2D eigenvalue weighted by atomic mass is 10.2. The van der Waals surface area contributed by atoms with Crippen molar-refractivity contribution in [3.63, 3.8) is 0 Å². The Bertz CT molecular complexity index is 354. The average molecular weight is 267 g/mol. The first kappa shape index (κ1) is 14.9. The van der Waals surface area contributed by atoms with Gasteiger partial charge in [0.05, 0.1) is 13.1 Å². The molecule has 1 aromatic heterocycles. The van der Waals surface area contributed by atoms with Crippen molar-refractivity contribution in [2.75, 3.05) is 13.7 Å².